The largest absolute Gasteiger partial charge is 0.457 e. The average Bonchev–Trinajstić information content (AvgIpc) is 3.00. The number of hydrogen-bond donors (Lipinski definition) is 0. The Hall–Kier alpha value is -5.02. The van der Waals surface area contributed by atoms with Crippen LogP contribution in [0.5, 0.6) is 11.5 Å². The van der Waals surface area contributed by atoms with E-state index in [1.165, 1.54) is 11.1 Å². The summed E-state index contributed by atoms with van der Waals surface area (Å²) >= 11 is 0. The van der Waals surface area contributed by atoms with Crippen molar-refractivity contribution in [3.63, 3.8) is 0 Å². The van der Waals surface area contributed by atoms with Crippen LogP contribution in [0, 0.1) is 13.8 Å². The third-order valence-corrected chi connectivity index (χ3v) is 7.70. The Kier molecular flexibility index (Phi) is 5.78. The number of pyridine rings is 2. The van der Waals surface area contributed by atoms with Gasteiger partial charge in [0.05, 0.1) is 22.8 Å². The maximum absolute atomic E-state index is 6.48. The molecule has 0 saturated carbocycles. The van der Waals surface area contributed by atoms with Crippen LogP contribution in [-0.4, -0.2) is 9.97 Å². The van der Waals surface area contributed by atoms with E-state index in [1.807, 2.05) is 24.3 Å². The summed E-state index contributed by atoms with van der Waals surface area (Å²) < 4.78 is 6.48. The van der Waals surface area contributed by atoms with Gasteiger partial charge in [-0.05, 0) is 62.4 Å². The molecule has 1 aliphatic heterocycles. The second kappa shape index (κ2) is 9.62. The predicted octanol–water partition coefficient (Wildman–Crippen LogP) is 8.92. The van der Waals surface area contributed by atoms with E-state index < -0.39 is 5.41 Å². The fourth-order valence-electron chi connectivity index (χ4n) is 5.90. The van der Waals surface area contributed by atoms with E-state index in [0.717, 1.165) is 56.5 Å². The van der Waals surface area contributed by atoms with Crippen molar-refractivity contribution in [2.24, 2.45) is 0 Å². The summed E-state index contributed by atoms with van der Waals surface area (Å²) in [6, 6.07) is 46.2. The van der Waals surface area contributed by atoms with Crippen LogP contribution in [-0.2, 0) is 5.41 Å². The minimum atomic E-state index is -0.787. The number of fused-ring (bicyclic) bond motifs is 2. The van der Waals surface area contributed by atoms with Gasteiger partial charge in [-0.2, -0.15) is 0 Å². The molecule has 1 aliphatic rings. The molecule has 192 valence electrons. The van der Waals surface area contributed by atoms with Gasteiger partial charge >= 0.3 is 0 Å². The molecule has 6 aromatic rings. The van der Waals surface area contributed by atoms with E-state index in [9.17, 15) is 0 Å². The van der Waals surface area contributed by atoms with Gasteiger partial charge in [-0.3, -0.25) is 9.97 Å². The first-order valence-electron chi connectivity index (χ1n) is 13.6. The summed E-state index contributed by atoms with van der Waals surface area (Å²) in [5.41, 5.74) is 9.51. The Balaban J connectivity index is 1.56. The summed E-state index contributed by atoms with van der Waals surface area (Å²) in [6.45, 7) is 4.22. The van der Waals surface area contributed by atoms with Crippen molar-refractivity contribution in [3.05, 3.63) is 167 Å². The molecule has 0 amide bonds. The van der Waals surface area contributed by atoms with Crippen LogP contribution in [0.4, 0.5) is 0 Å². The lowest BCUT2D eigenvalue weighted by Crippen LogP contribution is -2.36. The molecule has 40 heavy (non-hydrogen) atoms. The first-order chi connectivity index (χ1) is 19.6. The zero-order valence-electron chi connectivity index (χ0n) is 22.5. The van der Waals surface area contributed by atoms with E-state index in [4.69, 9.17) is 14.7 Å². The smallest absolute Gasteiger partial charge is 0.132 e. The van der Waals surface area contributed by atoms with Crippen LogP contribution in [0.2, 0.25) is 0 Å². The monoisotopic (exact) mass is 516 g/mol. The first-order valence-corrected chi connectivity index (χ1v) is 13.6. The van der Waals surface area contributed by atoms with Gasteiger partial charge in [0.2, 0.25) is 0 Å². The van der Waals surface area contributed by atoms with E-state index in [0.29, 0.717) is 0 Å². The fourth-order valence-corrected chi connectivity index (χ4v) is 5.90. The van der Waals surface area contributed by atoms with Crippen molar-refractivity contribution in [1.82, 2.24) is 9.97 Å². The van der Waals surface area contributed by atoms with Crippen LogP contribution >= 0.6 is 0 Å². The molecule has 0 bridgehead atoms. The predicted molar refractivity (Wildman–Crippen MR) is 161 cm³/mol. The summed E-state index contributed by atoms with van der Waals surface area (Å²) in [6.07, 6.45) is 0. The minimum Gasteiger partial charge on any atom is -0.457 e. The number of ether oxygens (including phenoxy) is 1. The molecule has 0 fully saturated rings. The standard InChI is InChI=1S/C37H28N2O/c1-25-11-7-13-27(23-25)31-17-9-21-35(38-31)37(36-22-10-18-32(39-36)28-14-8-12-26(2)24-28)29-15-3-5-19-33(29)40-34-20-6-4-16-30(34)37/h3-24H,1-2H3. The average molecular weight is 517 g/mol. The van der Waals surface area contributed by atoms with Gasteiger partial charge in [0, 0.05) is 22.3 Å². The highest BCUT2D eigenvalue weighted by Crippen LogP contribution is 2.54. The van der Waals surface area contributed by atoms with Crippen LogP contribution < -0.4 is 4.74 Å². The Morgan fingerprint density at radius 2 is 0.925 bits per heavy atom. The molecule has 0 aliphatic carbocycles. The molecule has 2 aromatic heterocycles. The molecule has 3 heteroatoms. The number of para-hydroxylation sites is 2. The minimum absolute atomic E-state index is 0.787. The Bertz CT molecular complexity index is 1740. The maximum Gasteiger partial charge on any atom is 0.132 e. The van der Waals surface area contributed by atoms with E-state index >= 15 is 0 Å². The summed E-state index contributed by atoms with van der Waals surface area (Å²) in [4.78, 5) is 10.8. The third-order valence-electron chi connectivity index (χ3n) is 7.70. The maximum atomic E-state index is 6.48. The molecular weight excluding hydrogens is 488 g/mol. The first kappa shape index (κ1) is 24.1. The summed E-state index contributed by atoms with van der Waals surface area (Å²) in [5.74, 6) is 1.62. The number of nitrogens with zero attached hydrogens (tertiary/aromatic N) is 2. The van der Waals surface area contributed by atoms with E-state index in [2.05, 4.69) is 123 Å². The van der Waals surface area contributed by atoms with Gasteiger partial charge in [0.25, 0.3) is 0 Å². The molecule has 0 radical (unpaired) electrons. The van der Waals surface area contributed by atoms with Crippen LogP contribution in [0.1, 0.15) is 33.6 Å². The van der Waals surface area contributed by atoms with Crippen molar-refractivity contribution in [2.45, 2.75) is 19.3 Å². The van der Waals surface area contributed by atoms with Crippen LogP contribution in [0.15, 0.2) is 133 Å². The van der Waals surface area contributed by atoms with Crippen molar-refractivity contribution in [3.8, 4) is 34.0 Å². The highest BCUT2D eigenvalue weighted by molar-refractivity contribution is 5.70. The van der Waals surface area contributed by atoms with E-state index in [-0.39, 0.29) is 0 Å². The lowest BCUT2D eigenvalue weighted by Gasteiger charge is -2.39. The summed E-state index contributed by atoms with van der Waals surface area (Å²) in [7, 11) is 0. The van der Waals surface area contributed by atoms with Crippen molar-refractivity contribution >= 4 is 0 Å². The SMILES string of the molecule is Cc1cccc(-c2cccc(C3(c4cccc(-c5cccc(C)c5)n4)c4ccccc4Oc4ccccc43)n2)c1. The van der Waals surface area contributed by atoms with Gasteiger partial charge < -0.3 is 4.74 Å². The third kappa shape index (κ3) is 3.90. The number of hydrogen-bond acceptors (Lipinski definition) is 3. The Morgan fingerprint density at radius 3 is 1.40 bits per heavy atom. The lowest BCUT2D eigenvalue weighted by molar-refractivity contribution is 0.430. The second-order valence-electron chi connectivity index (χ2n) is 10.4. The van der Waals surface area contributed by atoms with Gasteiger partial charge in [0.15, 0.2) is 0 Å². The van der Waals surface area contributed by atoms with Gasteiger partial charge in [0.1, 0.15) is 16.9 Å². The molecule has 3 nitrogen and oxygen atoms in total. The van der Waals surface area contributed by atoms with Crippen molar-refractivity contribution in [2.75, 3.05) is 0 Å². The number of aryl methyl sites for hydroxylation is 2. The molecule has 3 heterocycles. The quantitative estimate of drug-likeness (QED) is 0.234. The Labute approximate surface area is 234 Å². The molecule has 0 N–H and O–H groups in total. The molecular formula is C37H28N2O. The molecule has 7 rings (SSSR count). The number of benzene rings is 4. The highest BCUT2D eigenvalue weighted by Gasteiger charge is 2.47. The Morgan fingerprint density at radius 1 is 0.475 bits per heavy atom. The highest BCUT2D eigenvalue weighted by atomic mass is 16.5. The normalized spacial score (nSPS) is 13.2. The molecule has 0 unspecified atom stereocenters. The summed E-state index contributed by atoms with van der Waals surface area (Å²) in [5, 5.41) is 0. The molecule has 0 saturated heterocycles. The number of rotatable bonds is 4. The van der Waals surface area contributed by atoms with Crippen LogP contribution in [0.3, 0.4) is 0 Å². The van der Waals surface area contributed by atoms with Crippen molar-refractivity contribution in [1.29, 1.82) is 0 Å². The van der Waals surface area contributed by atoms with E-state index in [1.54, 1.807) is 0 Å². The topological polar surface area (TPSA) is 35.0 Å². The number of aromatic nitrogens is 2. The van der Waals surface area contributed by atoms with Crippen LogP contribution in [0.25, 0.3) is 22.5 Å². The van der Waals surface area contributed by atoms with Gasteiger partial charge in [-0.25, -0.2) is 0 Å². The zero-order valence-corrected chi connectivity index (χ0v) is 22.5. The zero-order chi connectivity index (χ0) is 27.1. The van der Waals surface area contributed by atoms with Crippen molar-refractivity contribution < 1.29 is 4.74 Å². The molecule has 4 aromatic carbocycles. The molecule has 0 atom stereocenters. The second-order valence-corrected chi connectivity index (χ2v) is 10.4. The molecule has 0 spiro atoms. The lowest BCUT2D eigenvalue weighted by atomic mass is 9.67. The fraction of sp³-hybridized carbons (Fsp3) is 0.0811. The van der Waals surface area contributed by atoms with Gasteiger partial charge in [-0.1, -0.05) is 96.1 Å². The van der Waals surface area contributed by atoms with Gasteiger partial charge in [-0.15, -0.1) is 0 Å².